The zero-order chi connectivity index (χ0) is 11.8. The standard InChI is InChI=1S/C11H14ClNO3/c1-15-6-7-16-10-5-3-2-4-9(10)13-11(14)8-12/h2-5H,6-8H2,1H3,(H,13,14). The van der Waals surface area contributed by atoms with E-state index in [1.807, 2.05) is 12.1 Å². The molecule has 1 aromatic carbocycles. The minimum absolute atomic E-state index is 0.0770. The maximum Gasteiger partial charge on any atom is 0.239 e. The van der Waals surface area contributed by atoms with E-state index in [0.29, 0.717) is 24.7 Å². The third kappa shape index (κ3) is 4.08. The third-order valence-electron chi connectivity index (χ3n) is 1.83. The maximum absolute atomic E-state index is 11.1. The van der Waals surface area contributed by atoms with Crippen LogP contribution >= 0.6 is 11.6 Å². The molecule has 0 bridgehead atoms. The zero-order valence-corrected chi connectivity index (χ0v) is 9.79. The molecule has 0 heterocycles. The Bertz CT molecular complexity index is 344. The molecule has 0 atom stereocenters. The van der Waals surface area contributed by atoms with Crippen LogP contribution in [0.4, 0.5) is 5.69 Å². The van der Waals surface area contributed by atoms with Gasteiger partial charge in [-0.25, -0.2) is 0 Å². The predicted molar refractivity (Wildman–Crippen MR) is 63.2 cm³/mol. The van der Waals surface area contributed by atoms with Crippen molar-refractivity contribution in [2.45, 2.75) is 0 Å². The Hall–Kier alpha value is -1.26. The van der Waals surface area contributed by atoms with Crippen LogP contribution in [0.2, 0.25) is 0 Å². The minimum Gasteiger partial charge on any atom is -0.489 e. The van der Waals surface area contributed by atoms with E-state index in [1.54, 1.807) is 19.2 Å². The van der Waals surface area contributed by atoms with Gasteiger partial charge in [0, 0.05) is 7.11 Å². The van der Waals surface area contributed by atoms with Gasteiger partial charge < -0.3 is 14.8 Å². The monoisotopic (exact) mass is 243 g/mol. The van der Waals surface area contributed by atoms with Crippen molar-refractivity contribution in [2.75, 3.05) is 31.5 Å². The van der Waals surface area contributed by atoms with Crippen molar-refractivity contribution in [2.24, 2.45) is 0 Å². The molecule has 0 aliphatic heterocycles. The number of hydrogen-bond acceptors (Lipinski definition) is 3. The Labute approximate surface area is 99.5 Å². The van der Waals surface area contributed by atoms with Gasteiger partial charge in [-0.3, -0.25) is 4.79 Å². The largest absolute Gasteiger partial charge is 0.489 e. The van der Waals surface area contributed by atoms with Gasteiger partial charge in [-0.1, -0.05) is 12.1 Å². The second-order valence-electron chi connectivity index (χ2n) is 3.02. The molecule has 1 aromatic rings. The number of rotatable bonds is 6. The number of hydrogen-bond donors (Lipinski definition) is 1. The molecule has 1 amide bonds. The summed E-state index contributed by atoms with van der Waals surface area (Å²) in [5, 5.41) is 2.65. The van der Waals surface area contributed by atoms with E-state index >= 15 is 0 Å². The first-order valence-corrected chi connectivity index (χ1v) is 5.38. The number of carbonyl (C=O) groups is 1. The highest BCUT2D eigenvalue weighted by molar-refractivity contribution is 6.29. The summed E-state index contributed by atoms with van der Waals surface area (Å²) >= 11 is 5.41. The summed E-state index contributed by atoms with van der Waals surface area (Å²) in [7, 11) is 1.60. The molecule has 1 rings (SSSR count). The fourth-order valence-corrected chi connectivity index (χ4v) is 1.18. The van der Waals surface area contributed by atoms with Crippen molar-refractivity contribution in [1.29, 1.82) is 0 Å². The van der Waals surface area contributed by atoms with Crippen LogP contribution in [0.25, 0.3) is 0 Å². The molecule has 0 saturated carbocycles. The average Bonchev–Trinajstić information content (AvgIpc) is 2.31. The van der Waals surface area contributed by atoms with E-state index < -0.39 is 0 Å². The fraction of sp³-hybridized carbons (Fsp3) is 0.364. The molecule has 1 N–H and O–H groups in total. The molecular formula is C11H14ClNO3. The normalized spacial score (nSPS) is 9.88. The van der Waals surface area contributed by atoms with Crippen molar-refractivity contribution < 1.29 is 14.3 Å². The van der Waals surface area contributed by atoms with Crippen molar-refractivity contribution in [3.8, 4) is 5.75 Å². The van der Waals surface area contributed by atoms with Gasteiger partial charge in [-0.05, 0) is 12.1 Å². The van der Waals surface area contributed by atoms with Gasteiger partial charge in [0.2, 0.25) is 5.91 Å². The summed E-state index contributed by atoms with van der Waals surface area (Å²) in [5.41, 5.74) is 0.615. The van der Waals surface area contributed by atoms with Gasteiger partial charge in [0.15, 0.2) is 0 Å². The molecule has 0 aliphatic carbocycles. The van der Waals surface area contributed by atoms with Crippen molar-refractivity contribution >= 4 is 23.2 Å². The molecule has 16 heavy (non-hydrogen) atoms. The lowest BCUT2D eigenvalue weighted by Crippen LogP contribution is -2.14. The van der Waals surface area contributed by atoms with Crippen molar-refractivity contribution in [1.82, 2.24) is 0 Å². The Balaban J connectivity index is 2.63. The van der Waals surface area contributed by atoms with Crippen molar-refractivity contribution in [3.63, 3.8) is 0 Å². The van der Waals surface area contributed by atoms with E-state index in [2.05, 4.69) is 5.32 Å². The number of carbonyl (C=O) groups excluding carboxylic acids is 1. The van der Waals surface area contributed by atoms with Gasteiger partial charge in [-0.15, -0.1) is 11.6 Å². The molecule has 4 nitrogen and oxygen atoms in total. The topological polar surface area (TPSA) is 47.6 Å². The second-order valence-corrected chi connectivity index (χ2v) is 3.29. The third-order valence-corrected chi connectivity index (χ3v) is 2.07. The van der Waals surface area contributed by atoms with Crippen LogP contribution in [0, 0.1) is 0 Å². The molecule has 0 saturated heterocycles. The zero-order valence-electron chi connectivity index (χ0n) is 9.03. The van der Waals surface area contributed by atoms with Crippen LogP contribution in [0.5, 0.6) is 5.75 Å². The highest BCUT2D eigenvalue weighted by atomic mass is 35.5. The van der Waals surface area contributed by atoms with Gasteiger partial charge in [0.05, 0.1) is 12.3 Å². The number of benzene rings is 1. The molecule has 0 aliphatic rings. The highest BCUT2D eigenvalue weighted by Gasteiger charge is 2.05. The Morgan fingerprint density at radius 3 is 2.81 bits per heavy atom. The first-order chi connectivity index (χ1) is 7.77. The summed E-state index contributed by atoms with van der Waals surface area (Å²) in [5.74, 6) is 0.273. The summed E-state index contributed by atoms with van der Waals surface area (Å²) in [6, 6.07) is 7.18. The number of nitrogens with one attached hydrogen (secondary N) is 1. The number of amides is 1. The number of methoxy groups -OCH3 is 1. The SMILES string of the molecule is COCCOc1ccccc1NC(=O)CCl. The van der Waals surface area contributed by atoms with Gasteiger partial charge in [0.1, 0.15) is 18.2 Å². The quantitative estimate of drug-likeness (QED) is 0.613. The average molecular weight is 244 g/mol. The van der Waals surface area contributed by atoms with Crippen LogP contribution in [0.15, 0.2) is 24.3 Å². The van der Waals surface area contributed by atoms with Crippen molar-refractivity contribution in [3.05, 3.63) is 24.3 Å². The Morgan fingerprint density at radius 2 is 2.12 bits per heavy atom. The predicted octanol–water partition coefficient (Wildman–Crippen LogP) is 1.89. The first-order valence-electron chi connectivity index (χ1n) is 4.84. The van der Waals surface area contributed by atoms with Gasteiger partial charge in [-0.2, -0.15) is 0 Å². The summed E-state index contributed by atoms with van der Waals surface area (Å²) in [4.78, 5) is 11.1. The molecule has 0 fully saturated rings. The maximum atomic E-state index is 11.1. The number of ether oxygens (including phenoxy) is 2. The Morgan fingerprint density at radius 1 is 1.38 bits per heavy atom. The smallest absolute Gasteiger partial charge is 0.239 e. The molecule has 5 heteroatoms. The molecule has 0 unspecified atom stereocenters. The number of para-hydroxylation sites is 2. The lowest BCUT2D eigenvalue weighted by atomic mass is 10.3. The molecule has 0 aromatic heterocycles. The second kappa shape index (κ2) is 7.09. The van der Waals surface area contributed by atoms with Crippen LogP contribution in [-0.4, -0.2) is 32.1 Å². The van der Waals surface area contributed by atoms with Crippen LogP contribution in [-0.2, 0) is 9.53 Å². The van der Waals surface area contributed by atoms with Gasteiger partial charge >= 0.3 is 0 Å². The lowest BCUT2D eigenvalue weighted by Gasteiger charge is -2.11. The molecular weight excluding hydrogens is 230 g/mol. The van der Waals surface area contributed by atoms with Crippen LogP contribution in [0.1, 0.15) is 0 Å². The number of halogens is 1. The van der Waals surface area contributed by atoms with E-state index in [4.69, 9.17) is 21.1 Å². The summed E-state index contributed by atoms with van der Waals surface area (Å²) in [6.07, 6.45) is 0. The first kappa shape index (κ1) is 12.8. The molecule has 0 spiro atoms. The molecule has 88 valence electrons. The molecule has 0 radical (unpaired) electrons. The number of alkyl halides is 1. The van der Waals surface area contributed by atoms with E-state index in [9.17, 15) is 4.79 Å². The van der Waals surface area contributed by atoms with E-state index in [-0.39, 0.29) is 11.8 Å². The number of anilines is 1. The van der Waals surface area contributed by atoms with E-state index in [1.165, 1.54) is 0 Å². The van der Waals surface area contributed by atoms with Crippen LogP contribution in [0.3, 0.4) is 0 Å². The summed E-state index contributed by atoms with van der Waals surface area (Å²) in [6.45, 7) is 0.933. The van der Waals surface area contributed by atoms with Gasteiger partial charge in [0.25, 0.3) is 0 Å². The van der Waals surface area contributed by atoms with E-state index in [0.717, 1.165) is 0 Å². The Kier molecular flexibility index (Phi) is 5.67. The summed E-state index contributed by atoms with van der Waals surface area (Å²) < 4.78 is 10.3. The fourth-order valence-electron chi connectivity index (χ4n) is 1.11. The highest BCUT2D eigenvalue weighted by Crippen LogP contribution is 2.23. The van der Waals surface area contributed by atoms with Crippen LogP contribution < -0.4 is 10.1 Å². The lowest BCUT2D eigenvalue weighted by molar-refractivity contribution is -0.113. The minimum atomic E-state index is -0.260.